The van der Waals surface area contributed by atoms with Crippen LogP contribution in [-0.2, 0) is 4.79 Å². The molecule has 0 bridgehead atoms. The molecule has 0 saturated carbocycles. The van der Waals surface area contributed by atoms with Crippen LogP contribution in [0.5, 0.6) is 0 Å². The van der Waals surface area contributed by atoms with Gasteiger partial charge in [-0.25, -0.2) is 0 Å². The van der Waals surface area contributed by atoms with E-state index in [2.05, 4.69) is 6.58 Å². The summed E-state index contributed by atoms with van der Waals surface area (Å²) in [6.45, 7) is 5.50. The van der Waals surface area contributed by atoms with Gasteiger partial charge in [0.15, 0.2) is 0 Å². The Labute approximate surface area is 108 Å². The van der Waals surface area contributed by atoms with E-state index in [4.69, 9.17) is 5.11 Å². The van der Waals surface area contributed by atoms with Gasteiger partial charge in [-0.2, -0.15) is 0 Å². The molecule has 0 saturated heterocycles. The van der Waals surface area contributed by atoms with Crippen molar-refractivity contribution in [3.05, 3.63) is 12.7 Å². The third-order valence-electron chi connectivity index (χ3n) is 1.47. The summed E-state index contributed by atoms with van der Waals surface area (Å²) >= 11 is 0. The molecule has 0 aromatic heterocycles. The Kier molecular flexibility index (Phi) is 11.5. The van der Waals surface area contributed by atoms with Crippen molar-refractivity contribution < 1.29 is 9.90 Å². The van der Waals surface area contributed by atoms with Crippen LogP contribution in [0.4, 0.5) is 0 Å². The molecule has 3 heteroatoms. The molecule has 0 aromatic rings. The summed E-state index contributed by atoms with van der Waals surface area (Å²) in [7, 11) is 0. The minimum absolute atomic E-state index is 0. The molecular weight excluding hydrogens is 265 g/mol. The number of carboxylic acids is 1. The van der Waals surface area contributed by atoms with Gasteiger partial charge in [-0.3, -0.25) is 4.79 Å². The molecule has 0 aromatic carbocycles. The van der Waals surface area contributed by atoms with Crippen molar-refractivity contribution in [3.63, 3.8) is 0 Å². The van der Waals surface area contributed by atoms with Crippen LogP contribution in [0.2, 0.25) is 0 Å². The Morgan fingerprint density at radius 1 is 1.73 bits per heavy atom. The third kappa shape index (κ3) is 7.15. The van der Waals surface area contributed by atoms with Crippen LogP contribution < -0.4 is 0 Å². The molecule has 0 aliphatic rings. The molecule has 2 nitrogen and oxygen atoms in total. The van der Waals surface area contributed by atoms with Crippen LogP contribution in [0.3, 0.4) is 0 Å². The van der Waals surface area contributed by atoms with E-state index in [9.17, 15) is 4.79 Å². The second kappa shape index (κ2) is 8.87. The van der Waals surface area contributed by atoms with Gasteiger partial charge in [0.1, 0.15) is 0 Å². The van der Waals surface area contributed by atoms with E-state index in [-0.39, 0.29) is 54.8 Å². The standard InChI is InChI=1S/C8H14O2.Ba.2H/c1-3-5-6-7(4-2)8(9)10;;;/h4,7H,2-3,5-6H2,1H3,(H,9,10);;;. The zero-order chi connectivity index (χ0) is 7.98. The normalized spacial score (nSPS) is 11.4. The molecule has 0 spiro atoms. The van der Waals surface area contributed by atoms with Crippen LogP contribution in [0, 0.1) is 5.92 Å². The van der Waals surface area contributed by atoms with Crippen LogP contribution in [0.1, 0.15) is 26.2 Å². The number of carbonyl (C=O) groups is 1. The molecule has 11 heavy (non-hydrogen) atoms. The monoisotopic (exact) mass is 282 g/mol. The first-order valence-corrected chi connectivity index (χ1v) is 3.57. The van der Waals surface area contributed by atoms with Crippen LogP contribution in [-0.4, -0.2) is 60.0 Å². The van der Waals surface area contributed by atoms with Crippen LogP contribution in [0.15, 0.2) is 12.7 Å². The number of carboxylic acid groups (broad SMARTS) is 1. The molecule has 0 rings (SSSR count). The van der Waals surface area contributed by atoms with E-state index in [1.54, 1.807) is 0 Å². The molecule has 0 amide bonds. The molecule has 0 aliphatic carbocycles. The Balaban J connectivity index is 0. The predicted octanol–water partition coefficient (Wildman–Crippen LogP) is 1.15. The Hall–Kier alpha value is 0.781. The minimum atomic E-state index is -0.761. The third-order valence-corrected chi connectivity index (χ3v) is 1.47. The van der Waals surface area contributed by atoms with Gasteiger partial charge in [-0.1, -0.05) is 25.8 Å². The summed E-state index contributed by atoms with van der Waals surface area (Å²) < 4.78 is 0. The van der Waals surface area contributed by atoms with Crippen molar-refractivity contribution in [2.24, 2.45) is 5.92 Å². The molecule has 0 radical (unpaired) electrons. The molecule has 1 N–H and O–H groups in total. The van der Waals surface area contributed by atoms with E-state index in [1.807, 2.05) is 6.92 Å². The van der Waals surface area contributed by atoms with Crippen molar-refractivity contribution >= 4 is 54.9 Å². The summed E-state index contributed by atoms with van der Waals surface area (Å²) in [6.07, 6.45) is 4.22. The number of rotatable bonds is 5. The molecule has 0 aliphatic heterocycles. The van der Waals surface area contributed by atoms with Gasteiger partial charge in [0, 0.05) is 0 Å². The van der Waals surface area contributed by atoms with Crippen LogP contribution >= 0.6 is 0 Å². The predicted molar refractivity (Wildman–Crippen MR) is 49.4 cm³/mol. The second-order valence-electron chi connectivity index (χ2n) is 2.32. The van der Waals surface area contributed by atoms with Crippen molar-refractivity contribution in [2.45, 2.75) is 26.2 Å². The fraction of sp³-hybridized carbons (Fsp3) is 0.625. The first-order chi connectivity index (χ1) is 4.72. The average Bonchev–Trinajstić information content (AvgIpc) is 1.89. The molecule has 1 atom stereocenters. The fourth-order valence-electron chi connectivity index (χ4n) is 0.766. The number of hydrogen-bond donors (Lipinski definition) is 1. The number of hydrogen-bond acceptors (Lipinski definition) is 1. The summed E-state index contributed by atoms with van der Waals surface area (Å²) in [5.41, 5.74) is 0. The first kappa shape index (κ1) is 14.3. The summed E-state index contributed by atoms with van der Waals surface area (Å²) in [5, 5.41) is 8.53. The fourth-order valence-corrected chi connectivity index (χ4v) is 0.766. The summed E-state index contributed by atoms with van der Waals surface area (Å²) in [5.74, 6) is -1.11. The second-order valence-corrected chi connectivity index (χ2v) is 2.32. The van der Waals surface area contributed by atoms with E-state index in [0.29, 0.717) is 0 Å². The van der Waals surface area contributed by atoms with Crippen molar-refractivity contribution in [1.29, 1.82) is 0 Å². The van der Waals surface area contributed by atoms with E-state index >= 15 is 0 Å². The summed E-state index contributed by atoms with van der Waals surface area (Å²) in [4.78, 5) is 10.4. The van der Waals surface area contributed by atoms with Gasteiger partial charge < -0.3 is 5.11 Å². The van der Waals surface area contributed by atoms with Crippen molar-refractivity contribution in [2.75, 3.05) is 0 Å². The van der Waals surface area contributed by atoms with Gasteiger partial charge in [0.2, 0.25) is 0 Å². The van der Waals surface area contributed by atoms with Gasteiger partial charge in [-0.15, -0.1) is 6.58 Å². The van der Waals surface area contributed by atoms with E-state index in [0.717, 1.165) is 19.3 Å². The quantitative estimate of drug-likeness (QED) is 0.606. The van der Waals surface area contributed by atoms with Gasteiger partial charge in [0.25, 0.3) is 0 Å². The zero-order valence-corrected chi connectivity index (χ0v) is 6.34. The average molecular weight is 282 g/mol. The van der Waals surface area contributed by atoms with Gasteiger partial charge in [-0.05, 0) is 6.42 Å². The SMILES string of the molecule is C=CC(CCCC)C(=O)O.[BaH2]. The zero-order valence-electron chi connectivity index (χ0n) is 6.34. The molecule has 62 valence electrons. The number of aliphatic carboxylic acids is 1. The maximum absolute atomic E-state index is 10.4. The Bertz CT molecular complexity index is 123. The van der Waals surface area contributed by atoms with Crippen molar-refractivity contribution in [3.8, 4) is 0 Å². The Morgan fingerprint density at radius 2 is 2.27 bits per heavy atom. The summed E-state index contributed by atoms with van der Waals surface area (Å²) in [6, 6.07) is 0. The maximum atomic E-state index is 10.4. The van der Waals surface area contributed by atoms with E-state index in [1.165, 1.54) is 6.08 Å². The molecular formula is C8H16BaO2. The van der Waals surface area contributed by atoms with E-state index < -0.39 is 5.97 Å². The Morgan fingerprint density at radius 3 is 2.55 bits per heavy atom. The topological polar surface area (TPSA) is 37.3 Å². The first-order valence-electron chi connectivity index (χ1n) is 3.57. The van der Waals surface area contributed by atoms with Crippen LogP contribution in [0.25, 0.3) is 0 Å². The van der Waals surface area contributed by atoms with Gasteiger partial charge in [0.05, 0.1) is 5.92 Å². The number of unbranched alkanes of at least 4 members (excludes halogenated alkanes) is 1. The molecule has 1 unspecified atom stereocenters. The van der Waals surface area contributed by atoms with Crippen molar-refractivity contribution in [1.82, 2.24) is 0 Å². The molecule has 0 fully saturated rings. The molecule has 0 heterocycles. The van der Waals surface area contributed by atoms with Gasteiger partial charge >= 0.3 is 54.9 Å².